The summed E-state index contributed by atoms with van der Waals surface area (Å²) in [5, 5.41) is 5.54. The van der Waals surface area contributed by atoms with Gasteiger partial charge in [-0.25, -0.2) is 4.39 Å². The molecule has 114 valence electrons. The van der Waals surface area contributed by atoms with Gasteiger partial charge in [-0.2, -0.15) is 0 Å². The third kappa shape index (κ3) is 3.41. The minimum absolute atomic E-state index is 0.259. The Morgan fingerprint density at radius 2 is 2.05 bits per heavy atom. The number of rotatable bonds is 4. The molecule has 1 aliphatic rings. The number of amides is 2. The largest absolute Gasteiger partial charge is 0.317 e. The molecule has 1 aromatic carbocycles. The lowest BCUT2D eigenvalue weighted by atomic mass is 9.72. The Morgan fingerprint density at radius 1 is 1.33 bits per heavy atom. The second kappa shape index (κ2) is 7.00. The summed E-state index contributed by atoms with van der Waals surface area (Å²) in [6.45, 7) is 0.759. The number of hydrogen-bond donors (Lipinski definition) is 2. The Kier molecular flexibility index (Phi) is 5.31. The molecule has 0 unspecified atom stereocenters. The van der Waals surface area contributed by atoms with Crippen molar-refractivity contribution in [1.82, 2.24) is 10.6 Å². The summed E-state index contributed by atoms with van der Waals surface area (Å²) in [5.41, 5.74) is 0.471. The lowest BCUT2D eigenvalue weighted by Crippen LogP contribution is -2.52. The zero-order valence-electron chi connectivity index (χ0n) is 11.6. The number of imide groups is 1. The minimum Gasteiger partial charge on any atom is -0.317 e. The summed E-state index contributed by atoms with van der Waals surface area (Å²) in [5.74, 6) is -1.13. The van der Waals surface area contributed by atoms with Crippen LogP contribution in [0.5, 0.6) is 0 Å². The molecule has 2 amide bonds. The number of alkyl halides is 2. The summed E-state index contributed by atoms with van der Waals surface area (Å²) in [6.07, 6.45) is 1.12. The number of carbonyl (C=O) groups is 2. The van der Waals surface area contributed by atoms with Gasteiger partial charge >= 0.3 is 0 Å². The predicted octanol–water partition coefficient (Wildman–Crippen LogP) is 1.66. The fourth-order valence-electron chi connectivity index (χ4n) is 2.73. The highest BCUT2D eigenvalue weighted by Crippen LogP contribution is 2.34. The Hall–Kier alpha value is -1.46. The van der Waals surface area contributed by atoms with Crippen molar-refractivity contribution in [3.8, 4) is 0 Å². The van der Waals surface area contributed by atoms with Gasteiger partial charge in [0, 0.05) is 0 Å². The smallest absolute Gasteiger partial charge is 0.241 e. The molecular weight excluding hydrogens is 295 g/mol. The van der Waals surface area contributed by atoms with Gasteiger partial charge in [-0.05, 0) is 37.1 Å². The maximum absolute atomic E-state index is 12.9. The van der Waals surface area contributed by atoms with E-state index in [4.69, 9.17) is 11.6 Å². The minimum atomic E-state index is -0.807. The molecule has 0 aliphatic carbocycles. The molecule has 0 radical (unpaired) electrons. The Balaban J connectivity index is 2.36. The van der Waals surface area contributed by atoms with Crippen molar-refractivity contribution in [3.63, 3.8) is 0 Å². The predicted molar refractivity (Wildman–Crippen MR) is 78.9 cm³/mol. The SMILES string of the molecule is O=C(CCl)NC(=O)C1(c2cccc(CF)c2)CCNCC1. The fraction of sp³-hybridized carbons (Fsp3) is 0.467. The van der Waals surface area contributed by atoms with E-state index in [0.29, 0.717) is 31.5 Å². The lowest BCUT2D eigenvalue weighted by Gasteiger charge is -2.36. The van der Waals surface area contributed by atoms with Crippen molar-refractivity contribution in [1.29, 1.82) is 0 Å². The number of carbonyl (C=O) groups excluding carboxylic acids is 2. The number of halogens is 2. The zero-order valence-corrected chi connectivity index (χ0v) is 12.4. The quantitative estimate of drug-likeness (QED) is 0.831. The third-order valence-corrected chi connectivity index (χ3v) is 4.14. The maximum atomic E-state index is 12.9. The van der Waals surface area contributed by atoms with E-state index >= 15 is 0 Å². The summed E-state index contributed by atoms with van der Waals surface area (Å²) >= 11 is 5.45. The Morgan fingerprint density at radius 3 is 2.67 bits per heavy atom. The van der Waals surface area contributed by atoms with Gasteiger partial charge in [-0.1, -0.05) is 24.3 Å². The average molecular weight is 313 g/mol. The first-order valence-electron chi connectivity index (χ1n) is 6.89. The molecule has 0 saturated carbocycles. The summed E-state index contributed by atoms with van der Waals surface area (Å²) in [4.78, 5) is 24.0. The van der Waals surface area contributed by atoms with Crippen LogP contribution in [0.1, 0.15) is 24.0 Å². The van der Waals surface area contributed by atoms with Crippen LogP contribution in [0.4, 0.5) is 4.39 Å². The van der Waals surface area contributed by atoms with Crippen molar-refractivity contribution in [2.24, 2.45) is 0 Å². The van der Waals surface area contributed by atoms with Gasteiger partial charge in [-0.3, -0.25) is 14.9 Å². The number of hydrogen-bond acceptors (Lipinski definition) is 3. The highest BCUT2D eigenvalue weighted by Gasteiger charge is 2.41. The lowest BCUT2D eigenvalue weighted by molar-refractivity contribution is -0.133. The van der Waals surface area contributed by atoms with Crippen molar-refractivity contribution >= 4 is 23.4 Å². The van der Waals surface area contributed by atoms with E-state index in [2.05, 4.69) is 10.6 Å². The summed E-state index contributed by atoms with van der Waals surface area (Å²) < 4.78 is 12.9. The van der Waals surface area contributed by atoms with Gasteiger partial charge in [0.05, 0.1) is 5.41 Å². The van der Waals surface area contributed by atoms with E-state index in [1.165, 1.54) is 0 Å². The molecule has 2 N–H and O–H groups in total. The molecule has 0 atom stereocenters. The van der Waals surface area contributed by atoms with E-state index in [0.717, 1.165) is 5.56 Å². The van der Waals surface area contributed by atoms with Crippen molar-refractivity contribution < 1.29 is 14.0 Å². The number of nitrogens with one attached hydrogen (secondary N) is 2. The molecule has 6 heteroatoms. The molecule has 1 aromatic rings. The Bertz CT molecular complexity index is 530. The second-order valence-electron chi connectivity index (χ2n) is 5.18. The summed E-state index contributed by atoms with van der Waals surface area (Å²) in [6, 6.07) is 6.94. The van der Waals surface area contributed by atoms with Crippen LogP contribution in [0.2, 0.25) is 0 Å². The molecule has 1 fully saturated rings. The van der Waals surface area contributed by atoms with Gasteiger partial charge in [0.1, 0.15) is 12.6 Å². The molecule has 4 nitrogen and oxygen atoms in total. The van der Waals surface area contributed by atoms with Crippen LogP contribution in [-0.2, 0) is 21.7 Å². The molecule has 1 heterocycles. The zero-order chi connectivity index (χ0) is 15.3. The molecule has 1 saturated heterocycles. The molecule has 0 bridgehead atoms. The normalized spacial score (nSPS) is 17.2. The third-order valence-electron chi connectivity index (χ3n) is 3.90. The van der Waals surface area contributed by atoms with Crippen molar-refractivity contribution in [2.75, 3.05) is 19.0 Å². The number of piperidine rings is 1. The monoisotopic (exact) mass is 312 g/mol. The van der Waals surface area contributed by atoms with Gasteiger partial charge < -0.3 is 5.32 Å². The van der Waals surface area contributed by atoms with Crippen LogP contribution < -0.4 is 10.6 Å². The van der Waals surface area contributed by atoms with E-state index in [1.807, 2.05) is 6.07 Å². The van der Waals surface area contributed by atoms with Gasteiger partial charge in [-0.15, -0.1) is 11.6 Å². The van der Waals surface area contributed by atoms with Crippen LogP contribution in [0.15, 0.2) is 24.3 Å². The highest BCUT2D eigenvalue weighted by molar-refractivity contribution is 6.28. The molecule has 21 heavy (non-hydrogen) atoms. The fourth-order valence-corrected chi connectivity index (χ4v) is 2.80. The van der Waals surface area contributed by atoms with Crippen molar-refractivity contribution in [3.05, 3.63) is 35.4 Å². The first-order chi connectivity index (χ1) is 10.1. The molecular formula is C15H18ClFN2O2. The molecule has 0 spiro atoms. The first kappa shape index (κ1) is 15.9. The van der Waals surface area contributed by atoms with Gasteiger partial charge in [0.2, 0.25) is 11.8 Å². The van der Waals surface area contributed by atoms with Gasteiger partial charge in [0.15, 0.2) is 0 Å². The first-order valence-corrected chi connectivity index (χ1v) is 7.42. The van der Waals surface area contributed by atoms with E-state index in [1.54, 1.807) is 18.2 Å². The van der Waals surface area contributed by atoms with Crippen LogP contribution >= 0.6 is 11.6 Å². The van der Waals surface area contributed by atoms with Crippen LogP contribution in [0.3, 0.4) is 0 Å². The second-order valence-corrected chi connectivity index (χ2v) is 5.44. The van der Waals surface area contributed by atoms with E-state index < -0.39 is 18.0 Å². The molecule has 0 aromatic heterocycles. The topological polar surface area (TPSA) is 58.2 Å². The van der Waals surface area contributed by atoms with E-state index in [9.17, 15) is 14.0 Å². The van der Waals surface area contributed by atoms with E-state index in [-0.39, 0.29) is 11.8 Å². The van der Waals surface area contributed by atoms with Crippen LogP contribution in [-0.4, -0.2) is 30.8 Å². The molecule has 2 rings (SSSR count). The average Bonchev–Trinajstić information content (AvgIpc) is 2.55. The van der Waals surface area contributed by atoms with Crippen molar-refractivity contribution in [2.45, 2.75) is 24.9 Å². The number of benzene rings is 1. The van der Waals surface area contributed by atoms with Gasteiger partial charge in [0.25, 0.3) is 0 Å². The highest BCUT2D eigenvalue weighted by atomic mass is 35.5. The van der Waals surface area contributed by atoms with Crippen LogP contribution in [0.25, 0.3) is 0 Å². The van der Waals surface area contributed by atoms with Crippen LogP contribution in [0, 0.1) is 0 Å². The Labute approximate surface area is 128 Å². The summed E-state index contributed by atoms with van der Waals surface area (Å²) in [7, 11) is 0. The molecule has 1 aliphatic heterocycles. The standard InChI is InChI=1S/C15H18ClFN2O2/c16-9-13(20)19-14(21)15(4-6-18-7-5-15)12-3-1-2-11(8-12)10-17/h1-3,8,18H,4-7,9-10H2,(H,19,20,21). The maximum Gasteiger partial charge on any atom is 0.241 e.